The summed E-state index contributed by atoms with van der Waals surface area (Å²) in [4.78, 5) is 0. The highest BCUT2D eigenvalue weighted by atomic mass is 19.4. The molecule has 0 aliphatic rings. The number of benzene rings is 1. The van der Waals surface area contributed by atoms with Crippen molar-refractivity contribution in [1.29, 1.82) is 0 Å². The van der Waals surface area contributed by atoms with E-state index < -0.39 is 24.3 Å². The SMILES string of the molecule is CC[C@@H](N)c1ccc(OCC(F)(F)F)c(F)c1. The second kappa shape index (κ2) is 5.35. The summed E-state index contributed by atoms with van der Waals surface area (Å²) in [6, 6.07) is 3.38. The predicted molar refractivity (Wildman–Crippen MR) is 55.2 cm³/mol. The smallest absolute Gasteiger partial charge is 0.422 e. The van der Waals surface area contributed by atoms with Crippen LogP contribution in [0.5, 0.6) is 5.75 Å². The van der Waals surface area contributed by atoms with Gasteiger partial charge in [-0.3, -0.25) is 0 Å². The first-order valence-electron chi connectivity index (χ1n) is 5.08. The zero-order valence-electron chi connectivity index (χ0n) is 9.22. The molecule has 0 aliphatic carbocycles. The van der Waals surface area contributed by atoms with Gasteiger partial charge in [0.2, 0.25) is 0 Å². The van der Waals surface area contributed by atoms with Crippen LogP contribution in [0.2, 0.25) is 0 Å². The maximum atomic E-state index is 13.4. The number of alkyl halides is 3. The van der Waals surface area contributed by atoms with Gasteiger partial charge < -0.3 is 10.5 Å². The van der Waals surface area contributed by atoms with Gasteiger partial charge in [0.25, 0.3) is 0 Å². The summed E-state index contributed by atoms with van der Waals surface area (Å²) in [5.74, 6) is -1.26. The number of rotatable bonds is 4. The lowest BCUT2D eigenvalue weighted by molar-refractivity contribution is -0.153. The quantitative estimate of drug-likeness (QED) is 0.834. The van der Waals surface area contributed by atoms with Crippen molar-refractivity contribution in [2.24, 2.45) is 5.73 Å². The van der Waals surface area contributed by atoms with Gasteiger partial charge in [-0.2, -0.15) is 13.2 Å². The lowest BCUT2D eigenvalue weighted by Crippen LogP contribution is -2.19. The molecule has 0 amide bonds. The minimum atomic E-state index is -4.48. The van der Waals surface area contributed by atoms with E-state index >= 15 is 0 Å². The van der Waals surface area contributed by atoms with Crippen molar-refractivity contribution in [1.82, 2.24) is 0 Å². The summed E-state index contributed by atoms with van der Waals surface area (Å²) < 4.78 is 53.3. The molecule has 0 bridgehead atoms. The average molecular weight is 251 g/mol. The first kappa shape index (κ1) is 13.8. The molecule has 0 saturated heterocycles. The molecule has 0 radical (unpaired) electrons. The summed E-state index contributed by atoms with van der Waals surface area (Å²) in [6.45, 7) is 0.319. The van der Waals surface area contributed by atoms with Crippen molar-refractivity contribution >= 4 is 0 Å². The van der Waals surface area contributed by atoms with E-state index in [-0.39, 0.29) is 6.04 Å². The Bertz CT molecular complexity index is 378. The lowest BCUT2D eigenvalue weighted by atomic mass is 10.1. The fraction of sp³-hybridized carbons (Fsp3) is 0.455. The minimum Gasteiger partial charge on any atom is -0.481 e. The van der Waals surface area contributed by atoms with Crippen LogP contribution in [0.25, 0.3) is 0 Å². The van der Waals surface area contributed by atoms with Gasteiger partial charge in [0, 0.05) is 6.04 Å². The van der Waals surface area contributed by atoms with Gasteiger partial charge in [-0.15, -0.1) is 0 Å². The second-order valence-electron chi connectivity index (χ2n) is 3.61. The Labute approximate surface area is 96.4 Å². The highest BCUT2D eigenvalue weighted by Gasteiger charge is 2.28. The van der Waals surface area contributed by atoms with E-state index in [1.807, 2.05) is 6.92 Å². The van der Waals surface area contributed by atoms with Crippen molar-refractivity contribution in [3.05, 3.63) is 29.6 Å². The average Bonchev–Trinajstić information content (AvgIpc) is 2.25. The lowest BCUT2D eigenvalue weighted by Gasteiger charge is -2.13. The molecular formula is C11H13F4NO. The van der Waals surface area contributed by atoms with Crippen LogP contribution >= 0.6 is 0 Å². The van der Waals surface area contributed by atoms with E-state index in [1.54, 1.807) is 0 Å². The highest BCUT2D eigenvalue weighted by molar-refractivity contribution is 5.30. The molecular weight excluding hydrogens is 238 g/mol. The summed E-state index contributed by atoms with van der Waals surface area (Å²) in [6.07, 6.45) is -3.87. The fourth-order valence-electron chi connectivity index (χ4n) is 1.26. The van der Waals surface area contributed by atoms with Crippen LogP contribution < -0.4 is 10.5 Å². The predicted octanol–water partition coefficient (Wildman–Crippen LogP) is 3.18. The van der Waals surface area contributed by atoms with Crippen LogP contribution in [0.4, 0.5) is 17.6 Å². The molecule has 1 rings (SSSR count). The van der Waals surface area contributed by atoms with Crippen LogP contribution in [0.3, 0.4) is 0 Å². The molecule has 17 heavy (non-hydrogen) atoms. The fourth-order valence-corrected chi connectivity index (χ4v) is 1.26. The van der Waals surface area contributed by atoms with Crippen molar-refractivity contribution in [3.63, 3.8) is 0 Å². The molecule has 6 heteroatoms. The number of nitrogens with two attached hydrogens (primary N) is 1. The Morgan fingerprint density at radius 2 is 2.00 bits per heavy atom. The van der Waals surface area contributed by atoms with Crippen LogP contribution in [0.1, 0.15) is 24.9 Å². The maximum absolute atomic E-state index is 13.4. The van der Waals surface area contributed by atoms with Gasteiger partial charge >= 0.3 is 6.18 Å². The van der Waals surface area contributed by atoms with Gasteiger partial charge in [-0.05, 0) is 24.1 Å². The Kier molecular flexibility index (Phi) is 4.34. The molecule has 0 heterocycles. The van der Waals surface area contributed by atoms with Crippen LogP contribution in [0.15, 0.2) is 18.2 Å². The number of hydrogen-bond acceptors (Lipinski definition) is 2. The van der Waals surface area contributed by atoms with Gasteiger partial charge in [-0.1, -0.05) is 13.0 Å². The summed E-state index contributed by atoms with van der Waals surface area (Å²) in [5, 5.41) is 0. The van der Waals surface area contributed by atoms with Gasteiger partial charge in [0.05, 0.1) is 0 Å². The van der Waals surface area contributed by atoms with Crippen LogP contribution in [0, 0.1) is 5.82 Å². The molecule has 1 aromatic rings. The number of hydrogen-bond donors (Lipinski definition) is 1. The van der Waals surface area contributed by atoms with Gasteiger partial charge in [-0.25, -0.2) is 4.39 Å². The van der Waals surface area contributed by atoms with E-state index in [1.165, 1.54) is 6.07 Å². The molecule has 0 aromatic heterocycles. The number of ether oxygens (including phenoxy) is 1. The first-order chi connectivity index (χ1) is 7.83. The second-order valence-corrected chi connectivity index (χ2v) is 3.61. The Morgan fingerprint density at radius 3 is 2.47 bits per heavy atom. The number of halogens is 4. The summed E-state index contributed by atoms with van der Waals surface area (Å²) in [7, 11) is 0. The zero-order chi connectivity index (χ0) is 13.1. The van der Waals surface area contributed by atoms with Crippen LogP contribution in [-0.4, -0.2) is 12.8 Å². The third-order valence-corrected chi connectivity index (χ3v) is 2.22. The van der Waals surface area contributed by atoms with Gasteiger partial charge in [0.15, 0.2) is 18.2 Å². The molecule has 0 saturated carbocycles. The largest absolute Gasteiger partial charge is 0.481 e. The molecule has 0 fully saturated rings. The maximum Gasteiger partial charge on any atom is 0.422 e. The summed E-state index contributed by atoms with van der Waals surface area (Å²) >= 11 is 0. The molecule has 0 unspecified atom stereocenters. The van der Waals surface area contributed by atoms with Gasteiger partial charge in [0.1, 0.15) is 0 Å². The Morgan fingerprint density at radius 1 is 1.35 bits per heavy atom. The highest BCUT2D eigenvalue weighted by Crippen LogP contribution is 2.24. The molecule has 1 atom stereocenters. The third kappa shape index (κ3) is 4.22. The zero-order valence-corrected chi connectivity index (χ0v) is 9.22. The molecule has 1 aromatic carbocycles. The monoisotopic (exact) mass is 251 g/mol. The summed E-state index contributed by atoms with van der Waals surface area (Å²) in [5.41, 5.74) is 6.20. The van der Waals surface area contributed by atoms with E-state index in [4.69, 9.17) is 5.73 Å². The standard InChI is InChI=1S/C11H13F4NO/c1-2-9(16)7-3-4-10(8(12)5-7)17-6-11(13,14)15/h3-5,9H,2,6,16H2,1H3/t9-/m1/s1. The molecule has 2 N–H and O–H groups in total. The molecule has 96 valence electrons. The van der Waals surface area contributed by atoms with E-state index in [2.05, 4.69) is 4.74 Å². The van der Waals surface area contributed by atoms with E-state index in [0.717, 1.165) is 12.1 Å². The van der Waals surface area contributed by atoms with Crippen molar-refractivity contribution in [2.75, 3.05) is 6.61 Å². The normalized spacial score (nSPS) is 13.5. The molecule has 0 spiro atoms. The van der Waals surface area contributed by atoms with Crippen molar-refractivity contribution in [3.8, 4) is 5.75 Å². The topological polar surface area (TPSA) is 35.2 Å². The van der Waals surface area contributed by atoms with Crippen LogP contribution in [-0.2, 0) is 0 Å². The Balaban J connectivity index is 2.76. The van der Waals surface area contributed by atoms with Crippen molar-refractivity contribution < 1.29 is 22.3 Å². The van der Waals surface area contributed by atoms with E-state index in [9.17, 15) is 17.6 Å². The molecule has 2 nitrogen and oxygen atoms in total. The third-order valence-electron chi connectivity index (χ3n) is 2.22. The minimum absolute atomic E-state index is 0.332. The van der Waals surface area contributed by atoms with Crippen molar-refractivity contribution in [2.45, 2.75) is 25.6 Å². The first-order valence-corrected chi connectivity index (χ1v) is 5.08. The Hall–Kier alpha value is -1.30. The van der Waals surface area contributed by atoms with E-state index in [0.29, 0.717) is 12.0 Å². The molecule has 0 aliphatic heterocycles.